The Kier molecular flexibility index (Phi) is 27.8. The first-order valence-corrected chi connectivity index (χ1v) is 28.8. The van der Waals surface area contributed by atoms with Crippen molar-refractivity contribution >= 4 is 104 Å². The molecule has 1 saturated heterocycles. The minimum Gasteiger partial charge on any atom is -0.507 e. The molecule has 4 aromatic rings. The highest BCUT2D eigenvalue weighted by Gasteiger charge is 2.36. The van der Waals surface area contributed by atoms with E-state index in [1.807, 2.05) is 65.1 Å². The van der Waals surface area contributed by atoms with Gasteiger partial charge in [-0.15, -0.1) is 0 Å². The number of nitrogens with zero attached hydrogens (tertiary/aromatic N) is 3. The van der Waals surface area contributed by atoms with Crippen LogP contribution in [0, 0.1) is 8.98 Å². The Bertz CT molecular complexity index is 3050. The van der Waals surface area contributed by atoms with Crippen molar-refractivity contribution in [3.63, 3.8) is 0 Å². The molecule has 0 saturated carbocycles. The number of carboxylic acids is 3. The molecule has 4 atom stereocenters. The third kappa shape index (κ3) is 23.9. The molecule has 0 radical (unpaired) electrons. The average Bonchev–Trinajstić information content (AvgIpc) is 3.41. The highest BCUT2D eigenvalue weighted by molar-refractivity contribution is 14.1. The Morgan fingerprint density at radius 3 is 1.90 bits per heavy atom. The van der Waals surface area contributed by atoms with E-state index in [0.717, 1.165) is 15.7 Å². The first-order chi connectivity index (χ1) is 41.0. The predicted octanol–water partition coefficient (Wildman–Crippen LogP) is -1.20. The van der Waals surface area contributed by atoms with Crippen LogP contribution in [0.25, 0.3) is 10.8 Å². The second kappa shape index (κ2) is 35.1. The summed E-state index contributed by atoms with van der Waals surface area (Å²) >= 11 is 1.92. The van der Waals surface area contributed by atoms with Crippen LogP contribution in [0.2, 0.25) is 0 Å². The van der Waals surface area contributed by atoms with E-state index in [4.69, 9.17) is 21.4 Å². The number of guanidine groups is 1. The van der Waals surface area contributed by atoms with Crippen molar-refractivity contribution in [2.75, 3.05) is 97.4 Å². The Balaban J connectivity index is 1.31. The maximum absolute atomic E-state index is 14.7. The van der Waals surface area contributed by atoms with Gasteiger partial charge in [-0.25, -0.2) is 0 Å². The summed E-state index contributed by atoms with van der Waals surface area (Å²) in [6, 6.07) is 18.6. The van der Waals surface area contributed by atoms with Crippen molar-refractivity contribution in [1.82, 2.24) is 57.2 Å². The SMILES string of the molecule is CN1C(=O)[C@@H](Cc2ccc(O)c(I)c2)NC(=O)CNC(=O)[C@H](Cc2ccc3ccccc3c2)NC(=O)[C@H](CCCNC(=N)N)NC(=O)[C@H]1CCCNC(=O)c1ccc(NC(=O)CN(CCNCC(=O)O)CCN(CCNCC(=O)O)CC(=O)O)cc1. The van der Waals surface area contributed by atoms with Gasteiger partial charge in [0.25, 0.3) is 5.91 Å². The van der Waals surface area contributed by atoms with E-state index < -0.39 is 90.0 Å². The van der Waals surface area contributed by atoms with E-state index in [1.54, 1.807) is 21.9 Å². The molecule has 4 aromatic carbocycles. The number of likely N-dealkylation sites (N-methyl/N-ethyl adjacent to an activating group) is 1. The smallest absolute Gasteiger partial charge is 0.317 e. The first kappa shape index (κ1) is 68.3. The van der Waals surface area contributed by atoms with E-state index >= 15 is 0 Å². The fourth-order valence-corrected chi connectivity index (χ4v) is 9.86. The topological polar surface area (TPSA) is 419 Å². The Morgan fingerprint density at radius 2 is 1.26 bits per heavy atom. The van der Waals surface area contributed by atoms with E-state index in [2.05, 4.69) is 47.9 Å². The van der Waals surface area contributed by atoms with E-state index in [0.29, 0.717) is 20.4 Å². The number of carbonyl (C=O) groups excluding carboxylic acids is 7. The summed E-state index contributed by atoms with van der Waals surface area (Å²) < 4.78 is 0.471. The largest absolute Gasteiger partial charge is 0.507 e. The van der Waals surface area contributed by atoms with Gasteiger partial charge in [0, 0.05) is 83.5 Å². The molecule has 1 aliphatic heterocycles. The lowest BCUT2D eigenvalue weighted by molar-refractivity contribution is -0.142. The maximum Gasteiger partial charge on any atom is 0.317 e. The predicted molar refractivity (Wildman–Crippen MR) is 325 cm³/mol. The summed E-state index contributed by atoms with van der Waals surface area (Å²) in [5.41, 5.74) is 7.28. The highest BCUT2D eigenvalue weighted by atomic mass is 127. The number of hydrogen-bond acceptors (Lipinski definition) is 16. The van der Waals surface area contributed by atoms with Crippen molar-refractivity contribution in [2.24, 2.45) is 5.73 Å². The lowest BCUT2D eigenvalue weighted by Crippen LogP contribution is -2.58. The third-order valence-corrected chi connectivity index (χ3v) is 14.6. The molecule has 0 spiro atoms. The molecular formula is C57H75IN14O14. The zero-order chi connectivity index (χ0) is 62.7. The Morgan fingerprint density at radius 1 is 0.663 bits per heavy atom. The number of phenolic OH excluding ortho intramolecular Hbond substituents is 1. The van der Waals surface area contributed by atoms with Gasteiger partial charge in [-0.1, -0.05) is 48.5 Å². The van der Waals surface area contributed by atoms with E-state index in [9.17, 15) is 58.2 Å². The fraction of sp³-hybridized carbons (Fsp3) is 0.421. The number of phenols is 1. The molecule has 28 nitrogen and oxygen atoms in total. The summed E-state index contributed by atoms with van der Waals surface area (Å²) in [4.78, 5) is 136. The third-order valence-electron chi connectivity index (χ3n) is 13.7. The fourth-order valence-electron chi connectivity index (χ4n) is 9.29. The molecule has 86 heavy (non-hydrogen) atoms. The summed E-state index contributed by atoms with van der Waals surface area (Å²) in [6.45, 7) is -0.466. The van der Waals surface area contributed by atoms with Gasteiger partial charge in [0.2, 0.25) is 35.4 Å². The molecule has 29 heteroatoms. The van der Waals surface area contributed by atoms with E-state index in [1.165, 1.54) is 37.4 Å². The van der Waals surface area contributed by atoms with Crippen LogP contribution >= 0.6 is 22.6 Å². The van der Waals surface area contributed by atoms with Gasteiger partial charge in [0.1, 0.15) is 29.9 Å². The molecule has 1 fully saturated rings. The van der Waals surface area contributed by atoms with Crippen LogP contribution in [0.5, 0.6) is 5.75 Å². The quantitative estimate of drug-likeness (QED) is 0.0122. The number of amides is 7. The van der Waals surface area contributed by atoms with Crippen molar-refractivity contribution in [1.29, 1.82) is 5.41 Å². The molecule has 464 valence electrons. The van der Waals surface area contributed by atoms with Crippen LogP contribution < -0.4 is 53.6 Å². The van der Waals surface area contributed by atoms with E-state index in [-0.39, 0.29) is 134 Å². The summed E-state index contributed by atoms with van der Waals surface area (Å²) in [6.07, 6.45) is 0.137. The normalized spacial score (nSPS) is 16.9. The minimum absolute atomic E-state index is 0.00661. The number of nitrogens with one attached hydrogen (secondary N) is 10. The van der Waals surface area contributed by atoms with Crippen LogP contribution in [0.4, 0.5) is 5.69 Å². The number of carboxylic acid groups (broad SMARTS) is 3. The number of nitrogens with two attached hydrogens (primary N) is 1. The molecule has 16 N–H and O–H groups in total. The van der Waals surface area contributed by atoms with Crippen molar-refractivity contribution in [2.45, 2.75) is 62.7 Å². The van der Waals surface area contributed by atoms with Crippen LogP contribution in [-0.2, 0) is 56.0 Å². The summed E-state index contributed by atoms with van der Waals surface area (Å²) in [7, 11) is 1.37. The molecule has 5 rings (SSSR count). The van der Waals surface area contributed by atoms with Crippen LogP contribution in [-0.4, -0.2) is 217 Å². The van der Waals surface area contributed by atoms with Gasteiger partial charge in [-0.3, -0.25) is 63.2 Å². The number of halogens is 1. The Hall–Kier alpha value is -8.52. The summed E-state index contributed by atoms with van der Waals surface area (Å²) in [5.74, 6) is -8.25. The van der Waals surface area contributed by atoms with Gasteiger partial charge >= 0.3 is 17.9 Å². The monoisotopic (exact) mass is 1310 g/mol. The number of aromatic hydroxyl groups is 1. The number of fused-ring (bicyclic) bond motifs is 1. The standard InChI is InChI=1S/C57H75IN14O14/c1-70-45(9-5-18-63-52(82)38-13-15-40(16-14-38)66-48(75)33-71(22-20-61-31-49(76)77)24-25-72(34-51(80)81)23-21-62-32-50(78)79)55(85)68-42(8-4-19-64-57(59)60)54(84)69-43(28-35-10-12-37-6-2-3-7-39(37)26-35)53(83)65-30-47(74)67-44(56(70)86)29-36-11-17-46(73)41(58)27-36/h2-3,6-7,10-17,26-27,42-45,61-62,73H,4-5,8-9,18-25,28-34H2,1H3,(H,63,82)(H,65,83)(H,66,75)(H,67,74)(H,68,85)(H,69,84)(H,76,77)(H,78,79)(H,80,81)(H4,59,60,64)/t42-,43-,44+,45+/m0/s1. The number of aliphatic carboxylic acids is 3. The van der Waals surface area contributed by atoms with Crippen LogP contribution in [0.3, 0.4) is 0 Å². The summed E-state index contributed by atoms with van der Waals surface area (Å²) in [5, 5.41) is 71.7. The number of benzene rings is 4. The van der Waals surface area contributed by atoms with Gasteiger partial charge in [-0.2, -0.15) is 0 Å². The number of anilines is 1. The molecule has 0 aliphatic carbocycles. The number of hydrogen-bond donors (Lipinski definition) is 15. The Labute approximate surface area is 509 Å². The van der Waals surface area contributed by atoms with Gasteiger partial charge in [-0.05, 0) is 107 Å². The molecular weight excluding hydrogens is 1230 g/mol. The lowest BCUT2D eigenvalue weighted by Gasteiger charge is -2.32. The van der Waals surface area contributed by atoms with Gasteiger partial charge < -0.3 is 78.9 Å². The molecule has 7 amide bonds. The maximum atomic E-state index is 14.7. The number of rotatable bonds is 31. The van der Waals surface area contributed by atoms with Gasteiger partial charge in [0.05, 0.1) is 36.3 Å². The molecule has 0 bridgehead atoms. The number of carbonyl (C=O) groups is 10. The van der Waals surface area contributed by atoms with Crippen LogP contribution in [0.15, 0.2) is 84.9 Å². The molecule has 1 aliphatic rings. The van der Waals surface area contributed by atoms with Crippen LogP contribution in [0.1, 0.15) is 47.2 Å². The molecule has 1 heterocycles. The van der Waals surface area contributed by atoms with Crippen molar-refractivity contribution in [3.8, 4) is 5.75 Å². The van der Waals surface area contributed by atoms with Crippen molar-refractivity contribution < 1.29 is 68.4 Å². The molecule has 0 aromatic heterocycles. The average molecular weight is 1310 g/mol. The minimum atomic E-state index is -1.31. The van der Waals surface area contributed by atoms with Crippen molar-refractivity contribution in [3.05, 3.63) is 105 Å². The highest BCUT2D eigenvalue weighted by Crippen LogP contribution is 2.22. The first-order valence-electron chi connectivity index (χ1n) is 27.7. The molecule has 0 unspecified atom stereocenters. The zero-order valence-electron chi connectivity index (χ0n) is 47.5. The van der Waals surface area contributed by atoms with Gasteiger partial charge in [0.15, 0.2) is 5.96 Å². The zero-order valence-corrected chi connectivity index (χ0v) is 49.7. The second-order valence-corrected chi connectivity index (χ2v) is 21.6. The lowest BCUT2D eigenvalue weighted by atomic mass is 10.00. The second-order valence-electron chi connectivity index (χ2n) is 20.4.